The lowest BCUT2D eigenvalue weighted by Crippen LogP contribution is -2.42. The summed E-state index contributed by atoms with van der Waals surface area (Å²) in [6.07, 6.45) is 8.06. The average Bonchev–Trinajstić information content (AvgIpc) is 2.76. The Balaban J connectivity index is 2.00. The van der Waals surface area contributed by atoms with Crippen LogP contribution in [0.3, 0.4) is 0 Å². The van der Waals surface area contributed by atoms with E-state index >= 15 is 0 Å². The van der Waals surface area contributed by atoms with E-state index in [4.69, 9.17) is 0 Å². The van der Waals surface area contributed by atoms with Crippen LogP contribution in [0.2, 0.25) is 0 Å². The number of aromatic nitrogens is 2. The molecule has 1 heterocycles. The zero-order valence-electron chi connectivity index (χ0n) is 9.96. The van der Waals surface area contributed by atoms with Gasteiger partial charge in [-0.05, 0) is 12.8 Å². The van der Waals surface area contributed by atoms with Gasteiger partial charge in [0.2, 0.25) is 0 Å². The van der Waals surface area contributed by atoms with Crippen molar-refractivity contribution in [1.29, 1.82) is 0 Å². The molecule has 0 radical (unpaired) electrons. The van der Waals surface area contributed by atoms with Gasteiger partial charge in [-0.2, -0.15) is 0 Å². The molecule has 92 valence electrons. The first-order valence-electron chi connectivity index (χ1n) is 5.85. The molecule has 5 nitrogen and oxygen atoms in total. The Bertz CT molecular complexity index is 388. The SMILES string of the molecule is CN(CC1(O)CCCC1)C(=O)c1cnccn1. The minimum absolute atomic E-state index is 0.196. The third-order valence-corrected chi connectivity index (χ3v) is 3.19. The van der Waals surface area contributed by atoms with Crippen LogP contribution in [0.1, 0.15) is 36.2 Å². The van der Waals surface area contributed by atoms with E-state index in [-0.39, 0.29) is 5.91 Å². The molecule has 2 rings (SSSR count). The van der Waals surface area contributed by atoms with Gasteiger partial charge in [-0.25, -0.2) is 4.98 Å². The van der Waals surface area contributed by atoms with Crippen molar-refractivity contribution in [1.82, 2.24) is 14.9 Å². The predicted octanol–water partition coefficient (Wildman–Crippen LogP) is 0.854. The lowest BCUT2D eigenvalue weighted by molar-refractivity contribution is 0.0154. The van der Waals surface area contributed by atoms with Gasteiger partial charge in [0.25, 0.3) is 5.91 Å². The van der Waals surface area contributed by atoms with Crippen molar-refractivity contribution < 1.29 is 9.90 Å². The Morgan fingerprint density at radius 1 is 1.47 bits per heavy atom. The zero-order valence-corrected chi connectivity index (χ0v) is 9.96. The molecule has 1 aromatic rings. The second-order valence-corrected chi connectivity index (χ2v) is 4.68. The number of amides is 1. The normalized spacial score (nSPS) is 18.0. The van der Waals surface area contributed by atoms with E-state index < -0.39 is 5.60 Å². The molecule has 0 bridgehead atoms. The summed E-state index contributed by atoms with van der Waals surface area (Å²) in [5.41, 5.74) is -0.399. The van der Waals surface area contributed by atoms with Crippen LogP contribution in [0.5, 0.6) is 0 Å². The highest BCUT2D eigenvalue weighted by Gasteiger charge is 2.33. The number of carbonyl (C=O) groups excluding carboxylic acids is 1. The molecule has 1 fully saturated rings. The summed E-state index contributed by atoms with van der Waals surface area (Å²) in [4.78, 5) is 21.3. The fourth-order valence-corrected chi connectivity index (χ4v) is 2.31. The van der Waals surface area contributed by atoms with E-state index in [1.165, 1.54) is 23.5 Å². The molecule has 0 aliphatic heterocycles. The van der Waals surface area contributed by atoms with Crippen LogP contribution < -0.4 is 0 Å². The number of rotatable bonds is 3. The van der Waals surface area contributed by atoms with Crippen molar-refractivity contribution in [3.05, 3.63) is 24.3 Å². The molecule has 1 aromatic heterocycles. The van der Waals surface area contributed by atoms with Gasteiger partial charge >= 0.3 is 0 Å². The summed E-state index contributed by atoms with van der Waals surface area (Å²) in [5.74, 6) is -0.196. The van der Waals surface area contributed by atoms with Gasteiger partial charge in [-0.3, -0.25) is 9.78 Å². The minimum atomic E-state index is -0.716. The zero-order chi connectivity index (χ0) is 12.3. The molecule has 5 heteroatoms. The van der Waals surface area contributed by atoms with Gasteiger partial charge < -0.3 is 10.0 Å². The summed E-state index contributed by atoms with van der Waals surface area (Å²) in [6, 6.07) is 0. The molecule has 0 saturated heterocycles. The van der Waals surface area contributed by atoms with E-state index in [2.05, 4.69) is 9.97 Å². The summed E-state index contributed by atoms with van der Waals surface area (Å²) in [6.45, 7) is 0.363. The van der Waals surface area contributed by atoms with E-state index in [1.54, 1.807) is 7.05 Å². The predicted molar refractivity (Wildman–Crippen MR) is 62.4 cm³/mol. The number of likely N-dealkylation sites (N-methyl/N-ethyl adjacent to an activating group) is 1. The van der Waals surface area contributed by atoms with Crippen molar-refractivity contribution in [2.24, 2.45) is 0 Å². The van der Waals surface area contributed by atoms with Gasteiger partial charge in [0.05, 0.1) is 11.8 Å². The van der Waals surface area contributed by atoms with Crippen LogP contribution in [0.25, 0.3) is 0 Å². The van der Waals surface area contributed by atoms with Crippen molar-refractivity contribution in [3.8, 4) is 0 Å². The van der Waals surface area contributed by atoms with Crippen LogP contribution in [0.15, 0.2) is 18.6 Å². The van der Waals surface area contributed by atoms with E-state index in [0.717, 1.165) is 25.7 Å². The highest BCUT2D eigenvalue weighted by molar-refractivity contribution is 5.91. The molecule has 0 spiro atoms. The van der Waals surface area contributed by atoms with Crippen LogP contribution in [-0.4, -0.2) is 45.1 Å². The average molecular weight is 235 g/mol. The Kier molecular flexibility index (Phi) is 3.38. The standard InChI is InChI=1S/C12H17N3O2/c1-15(9-12(17)4-2-3-5-12)11(16)10-8-13-6-7-14-10/h6-8,17H,2-5,9H2,1H3. The molecular formula is C12H17N3O2. The third kappa shape index (κ3) is 2.79. The van der Waals surface area contributed by atoms with Crippen LogP contribution in [0.4, 0.5) is 0 Å². The summed E-state index contributed by atoms with van der Waals surface area (Å²) in [5, 5.41) is 10.2. The summed E-state index contributed by atoms with van der Waals surface area (Å²) >= 11 is 0. The van der Waals surface area contributed by atoms with E-state index in [9.17, 15) is 9.90 Å². The second kappa shape index (κ2) is 4.79. The van der Waals surface area contributed by atoms with Gasteiger partial charge in [0.1, 0.15) is 5.69 Å². The van der Waals surface area contributed by atoms with Crippen LogP contribution in [0, 0.1) is 0 Å². The van der Waals surface area contributed by atoms with Crippen LogP contribution >= 0.6 is 0 Å². The Labute approximate surface area is 100 Å². The van der Waals surface area contributed by atoms with Crippen LogP contribution in [-0.2, 0) is 0 Å². The third-order valence-electron chi connectivity index (χ3n) is 3.19. The first kappa shape index (κ1) is 12.0. The maximum absolute atomic E-state index is 12.0. The lowest BCUT2D eigenvalue weighted by atomic mass is 10.0. The first-order chi connectivity index (χ1) is 8.11. The van der Waals surface area contributed by atoms with Crippen molar-refractivity contribution in [2.75, 3.05) is 13.6 Å². The van der Waals surface area contributed by atoms with Crippen molar-refractivity contribution in [3.63, 3.8) is 0 Å². The van der Waals surface area contributed by atoms with Gasteiger partial charge in [0, 0.05) is 26.0 Å². The molecule has 0 unspecified atom stereocenters. The topological polar surface area (TPSA) is 66.3 Å². The Morgan fingerprint density at radius 3 is 2.76 bits per heavy atom. The molecule has 17 heavy (non-hydrogen) atoms. The van der Waals surface area contributed by atoms with Gasteiger partial charge in [-0.15, -0.1) is 0 Å². The smallest absolute Gasteiger partial charge is 0.273 e. The quantitative estimate of drug-likeness (QED) is 0.843. The largest absolute Gasteiger partial charge is 0.388 e. The molecule has 1 amide bonds. The number of hydrogen-bond donors (Lipinski definition) is 1. The fourth-order valence-electron chi connectivity index (χ4n) is 2.31. The molecule has 1 aliphatic carbocycles. The summed E-state index contributed by atoms with van der Waals surface area (Å²) < 4.78 is 0. The highest BCUT2D eigenvalue weighted by atomic mass is 16.3. The first-order valence-corrected chi connectivity index (χ1v) is 5.85. The van der Waals surface area contributed by atoms with Gasteiger partial charge in [0.15, 0.2) is 0 Å². The Hall–Kier alpha value is -1.49. The Morgan fingerprint density at radius 2 is 2.18 bits per heavy atom. The monoisotopic (exact) mass is 235 g/mol. The molecule has 1 N–H and O–H groups in total. The van der Waals surface area contributed by atoms with Crippen molar-refractivity contribution >= 4 is 5.91 Å². The molecule has 0 atom stereocenters. The highest BCUT2D eigenvalue weighted by Crippen LogP contribution is 2.30. The number of aliphatic hydroxyl groups is 1. The van der Waals surface area contributed by atoms with E-state index in [0.29, 0.717) is 12.2 Å². The second-order valence-electron chi connectivity index (χ2n) is 4.68. The van der Waals surface area contributed by atoms with Crippen molar-refractivity contribution in [2.45, 2.75) is 31.3 Å². The van der Waals surface area contributed by atoms with Gasteiger partial charge in [-0.1, -0.05) is 12.8 Å². The summed E-state index contributed by atoms with van der Waals surface area (Å²) in [7, 11) is 1.69. The molecule has 1 saturated carbocycles. The molecular weight excluding hydrogens is 218 g/mol. The van der Waals surface area contributed by atoms with E-state index in [1.807, 2.05) is 0 Å². The maximum Gasteiger partial charge on any atom is 0.273 e. The number of hydrogen-bond acceptors (Lipinski definition) is 4. The molecule has 0 aromatic carbocycles. The number of nitrogens with zero attached hydrogens (tertiary/aromatic N) is 3. The molecule has 1 aliphatic rings. The lowest BCUT2D eigenvalue weighted by Gasteiger charge is -2.28. The maximum atomic E-state index is 12.0. The minimum Gasteiger partial charge on any atom is -0.388 e. The number of carbonyl (C=O) groups is 1. The fraction of sp³-hybridized carbons (Fsp3) is 0.583.